The number of amides is 2. The Balaban J connectivity index is 2.35. The molecular weight excluding hydrogens is 472 g/mol. The third kappa shape index (κ3) is 7.37. The summed E-state index contributed by atoms with van der Waals surface area (Å²) in [7, 11) is 3.16. The SMILES string of the molecule is COC(=O)C[C@@H](C(=O)OC)[C@@H](NC(=O)[C@H](O)[C@@H](NC(=O)c1ccccc1)c1ccccc1)C(=O)OC. The summed E-state index contributed by atoms with van der Waals surface area (Å²) in [4.78, 5) is 62.5. The van der Waals surface area contributed by atoms with Crippen molar-refractivity contribution in [1.29, 1.82) is 0 Å². The molecule has 4 atom stereocenters. The molecule has 0 aliphatic rings. The van der Waals surface area contributed by atoms with Gasteiger partial charge in [0.25, 0.3) is 11.8 Å². The normalized spacial score (nSPS) is 13.8. The molecular formula is C25H28N2O9. The maximum Gasteiger partial charge on any atom is 0.329 e. The van der Waals surface area contributed by atoms with Crippen LogP contribution in [-0.4, -0.2) is 68.3 Å². The molecule has 0 aromatic heterocycles. The number of ether oxygens (including phenoxy) is 3. The van der Waals surface area contributed by atoms with Crippen LogP contribution < -0.4 is 10.6 Å². The maximum absolute atomic E-state index is 13.1. The van der Waals surface area contributed by atoms with Gasteiger partial charge in [0, 0.05) is 5.56 Å². The molecule has 0 fully saturated rings. The monoisotopic (exact) mass is 500 g/mol. The molecule has 0 spiro atoms. The van der Waals surface area contributed by atoms with E-state index in [9.17, 15) is 29.1 Å². The summed E-state index contributed by atoms with van der Waals surface area (Å²) in [5, 5.41) is 15.8. The smallest absolute Gasteiger partial charge is 0.329 e. The van der Waals surface area contributed by atoms with Crippen LogP contribution in [0, 0.1) is 5.92 Å². The quantitative estimate of drug-likeness (QED) is 0.296. The van der Waals surface area contributed by atoms with Crippen molar-refractivity contribution in [3.8, 4) is 0 Å². The Labute approximate surface area is 207 Å². The molecule has 0 bridgehead atoms. The first kappa shape index (κ1) is 28.0. The molecule has 0 aliphatic heterocycles. The molecule has 0 saturated carbocycles. The van der Waals surface area contributed by atoms with Gasteiger partial charge in [-0.1, -0.05) is 48.5 Å². The van der Waals surface area contributed by atoms with Gasteiger partial charge >= 0.3 is 17.9 Å². The van der Waals surface area contributed by atoms with Gasteiger partial charge < -0.3 is 30.0 Å². The molecule has 192 valence electrons. The number of rotatable bonds is 11. The minimum absolute atomic E-state index is 0.294. The van der Waals surface area contributed by atoms with Gasteiger partial charge in [0.1, 0.15) is 6.04 Å². The maximum atomic E-state index is 13.1. The first-order chi connectivity index (χ1) is 17.2. The van der Waals surface area contributed by atoms with Crippen molar-refractivity contribution in [2.24, 2.45) is 5.92 Å². The predicted octanol–water partition coefficient (Wildman–Crippen LogP) is 0.529. The van der Waals surface area contributed by atoms with Gasteiger partial charge in [-0.2, -0.15) is 0 Å². The zero-order valence-electron chi connectivity index (χ0n) is 20.0. The number of benzene rings is 2. The molecule has 2 amide bonds. The van der Waals surface area contributed by atoms with Gasteiger partial charge in [-0.25, -0.2) is 4.79 Å². The van der Waals surface area contributed by atoms with E-state index in [0.29, 0.717) is 11.1 Å². The Hall–Kier alpha value is -4.25. The Morgan fingerprint density at radius 3 is 1.86 bits per heavy atom. The third-order valence-electron chi connectivity index (χ3n) is 5.34. The van der Waals surface area contributed by atoms with Crippen molar-refractivity contribution in [2.75, 3.05) is 21.3 Å². The third-order valence-corrected chi connectivity index (χ3v) is 5.34. The summed E-state index contributed by atoms with van der Waals surface area (Å²) in [6.45, 7) is 0. The van der Waals surface area contributed by atoms with E-state index in [1.54, 1.807) is 60.7 Å². The lowest BCUT2D eigenvalue weighted by molar-refractivity contribution is -0.160. The van der Waals surface area contributed by atoms with Gasteiger partial charge in [0.2, 0.25) is 0 Å². The summed E-state index contributed by atoms with van der Waals surface area (Å²) in [6, 6.07) is 13.5. The van der Waals surface area contributed by atoms with Crippen LogP contribution in [0.3, 0.4) is 0 Å². The number of esters is 3. The Bertz CT molecular complexity index is 1060. The highest BCUT2D eigenvalue weighted by atomic mass is 16.5. The number of carbonyl (C=O) groups excluding carboxylic acids is 5. The lowest BCUT2D eigenvalue weighted by atomic mass is 9.94. The molecule has 0 unspecified atom stereocenters. The average molecular weight is 501 g/mol. The molecule has 11 heteroatoms. The fourth-order valence-corrected chi connectivity index (χ4v) is 3.41. The zero-order chi connectivity index (χ0) is 26.7. The fraction of sp³-hybridized carbons (Fsp3) is 0.320. The zero-order valence-corrected chi connectivity index (χ0v) is 20.0. The van der Waals surface area contributed by atoms with Gasteiger partial charge in [-0.05, 0) is 17.7 Å². The molecule has 36 heavy (non-hydrogen) atoms. The molecule has 0 heterocycles. The van der Waals surface area contributed by atoms with E-state index in [1.807, 2.05) is 0 Å². The standard InChI is InChI=1S/C25H28N2O9/c1-34-18(28)14-17(24(32)35-2)20(25(33)36-3)27-23(31)21(29)19(15-10-6-4-7-11-15)26-22(30)16-12-8-5-9-13-16/h4-13,17,19-21,29H,14H2,1-3H3,(H,26,30)(H,27,31)/t17-,19+,20-,21-/m1/s1. The highest BCUT2D eigenvalue weighted by molar-refractivity contribution is 5.96. The summed E-state index contributed by atoms with van der Waals surface area (Å²) in [5.41, 5.74) is 0.695. The second kappa shape index (κ2) is 13.6. The largest absolute Gasteiger partial charge is 0.469 e. The first-order valence-corrected chi connectivity index (χ1v) is 10.8. The van der Waals surface area contributed by atoms with Gasteiger partial charge in [0.05, 0.1) is 39.7 Å². The molecule has 0 aliphatic carbocycles. The van der Waals surface area contributed by atoms with Gasteiger partial charge in [0.15, 0.2) is 6.10 Å². The number of nitrogens with one attached hydrogen (secondary N) is 2. The number of hydrogen-bond donors (Lipinski definition) is 3. The molecule has 0 radical (unpaired) electrons. The van der Waals surface area contributed by atoms with E-state index in [1.165, 1.54) is 0 Å². The number of aliphatic hydroxyl groups is 1. The summed E-state index contributed by atoms with van der Waals surface area (Å²) in [5.74, 6) is -6.04. The van der Waals surface area contributed by atoms with E-state index in [4.69, 9.17) is 0 Å². The second-order valence-electron chi connectivity index (χ2n) is 7.59. The average Bonchev–Trinajstić information content (AvgIpc) is 2.92. The van der Waals surface area contributed by atoms with Crippen LogP contribution in [0.2, 0.25) is 0 Å². The molecule has 2 rings (SSSR count). The Morgan fingerprint density at radius 2 is 1.33 bits per heavy atom. The van der Waals surface area contributed by atoms with E-state index in [2.05, 4.69) is 24.8 Å². The van der Waals surface area contributed by atoms with Crippen molar-refractivity contribution >= 4 is 29.7 Å². The highest BCUT2D eigenvalue weighted by Crippen LogP contribution is 2.20. The van der Waals surface area contributed by atoms with Crippen LogP contribution in [0.4, 0.5) is 0 Å². The summed E-state index contributed by atoms with van der Waals surface area (Å²) in [6.07, 6.45) is -2.50. The van der Waals surface area contributed by atoms with Crippen LogP contribution in [0.5, 0.6) is 0 Å². The van der Waals surface area contributed by atoms with E-state index in [0.717, 1.165) is 21.3 Å². The number of hydrogen-bond acceptors (Lipinski definition) is 9. The van der Waals surface area contributed by atoms with Crippen molar-refractivity contribution in [2.45, 2.75) is 24.6 Å². The molecule has 2 aromatic rings. The summed E-state index contributed by atoms with van der Waals surface area (Å²) < 4.78 is 13.9. The van der Waals surface area contributed by atoms with Crippen LogP contribution in [0.15, 0.2) is 60.7 Å². The molecule has 2 aromatic carbocycles. The van der Waals surface area contributed by atoms with Crippen molar-refractivity contribution < 1.29 is 43.3 Å². The molecule has 0 saturated heterocycles. The Morgan fingerprint density at radius 1 is 0.778 bits per heavy atom. The van der Waals surface area contributed by atoms with Gasteiger partial charge in [-0.3, -0.25) is 19.2 Å². The Kier molecular flexibility index (Phi) is 10.6. The minimum Gasteiger partial charge on any atom is -0.469 e. The van der Waals surface area contributed by atoms with Crippen LogP contribution in [-0.2, 0) is 33.4 Å². The second-order valence-corrected chi connectivity index (χ2v) is 7.59. The van der Waals surface area contributed by atoms with Gasteiger partial charge in [-0.15, -0.1) is 0 Å². The van der Waals surface area contributed by atoms with E-state index < -0.39 is 60.2 Å². The predicted molar refractivity (Wildman–Crippen MR) is 125 cm³/mol. The number of methoxy groups -OCH3 is 3. The lowest BCUT2D eigenvalue weighted by Gasteiger charge is -2.28. The van der Waals surface area contributed by atoms with Crippen molar-refractivity contribution in [3.63, 3.8) is 0 Å². The van der Waals surface area contributed by atoms with Crippen molar-refractivity contribution in [1.82, 2.24) is 10.6 Å². The highest BCUT2D eigenvalue weighted by Gasteiger charge is 2.41. The molecule has 3 N–H and O–H groups in total. The van der Waals surface area contributed by atoms with E-state index in [-0.39, 0.29) is 0 Å². The van der Waals surface area contributed by atoms with Crippen LogP contribution in [0.1, 0.15) is 28.4 Å². The number of aliphatic hydroxyl groups excluding tert-OH is 1. The topological polar surface area (TPSA) is 157 Å². The summed E-state index contributed by atoms with van der Waals surface area (Å²) >= 11 is 0. The molecule has 11 nitrogen and oxygen atoms in total. The lowest BCUT2D eigenvalue weighted by Crippen LogP contribution is -2.54. The first-order valence-electron chi connectivity index (χ1n) is 10.8. The van der Waals surface area contributed by atoms with Crippen LogP contribution >= 0.6 is 0 Å². The fourth-order valence-electron chi connectivity index (χ4n) is 3.41. The van der Waals surface area contributed by atoms with Crippen LogP contribution in [0.25, 0.3) is 0 Å². The number of carbonyl (C=O) groups is 5. The van der Waals surface area contributed by atoms with E-state index >= 15 is 0 Å². The minimum atomic E-state index is -1.90. The van der Waals surface area contributed by atoms with Crippen molar-refractivity contribution in [3.05, 3.63) is 71.8 Å².